The number of pyridine rings is 1. The fraction of sp³-hybridized carbons (Fsp3) is 0.571. The van der Waals surface area contributed by atoms with Gasteiger partial charge in [-0.2, -0.15) is 0 Å². The van der Waals surface area contributed by atoms with Gasteiger partial charge in [-0.15, -0.1) is 0 Å². The van der Waals surface area contributed by atoms with Crippen molar-refractivity contribution in [2.24, 2.45) is 10.9 Å². The topological polar surface area (TPSA) is 78.0 Å². The summed E-state index contributed by atoms with van der Waals surface area (Å²) in [4.78, 5) is 8.92. The van der Waals surface area contributed by atoms with Gasteiger partial charge in [-0.1, -0.05) is 5.16 Å². The van der Waals surface area contributed by atoms with E-state index in [1.807, 2.05) is 20.0 Å². The van der Waals surface area contributed by atoms with Crippen molar-refractivity contribution in [2.75, 3.05) is 32.1 Å². The van der Waals surface area contributed by atoms with Crippen LogP contribution in [-0.2, 0) is 0 Å². The molecule has 20 heavy (non-hydrogen) atoms. The maximum Gasteiger partial charge on any atom is 0.174 e. The Morgan fingerprint density at radius 1 is 1.60 bits per heavy atom. The Kier molecular flexibility index (Phi) is 4.44. The van der Waals surface area contributed by atoms with Gasteiger partial charge in [0.2, 0.25) is 0 Å². The van der Waals surface area contributed by atoms with Crippen LogP contribution >= 0.6 is 0 Å². The molecule has 2 heterocycles. The van der Waals surface area contributed by atoms with Crippen LogP contribution in [0.5, 0.6) is 0 Å². The van der Waals surface area contributed by atoms with Crippen LogP contribution in [0.25, 0.3) is 0 Å². The zero-order valence-corrected chi connectivity index (χ0v) is 12.4. The number of anilines is 1. The van der Waals surface area contributed by atoms with E-state index in [9.17, 15) is 0 Å². The fourth-order valence-electron chi connectivity index (χ4n) is 2.81. The van der Waals surface area contributed by atoms with Gasteiger partial charge in [0.25, 0.3) is 0 Å². The molecule has 1 fully saturated rings. The molecule has 0 saturated carbocycles. The highest BCUT2D eigenvalue weighted by molar-refractivity contribution is 6.02. The van der Waals surface area contributed by atoms with Crippen molar-refractivity contribution in [2.45, 2.75) is 25.8 Å². The van der Waals surface area contributed by atoms with Crippen molar-refractivity contribution >= 4 is 11.7 Å². The number of aromatic nitrogens is 1. The Bertz CT molecular complexity index is 502. The molecule has 2 rings (SSSR count). The quantitative estimate of drug-likeness (QED) is 0.373. The molecular weight excluding hydrogens is 254 g/mol. The predicted molar refractivity (Wildman–Crippen MR) is 80.4 cm³/mol. The molecule has 1 aliphatic heterocycles. The molecule has 1 aliphatic rings. The lowest BCUT2D eigenvalue weighted by molar-refractivity contribution is 0.247. The van der Waals surface area contributed by atoms with Crippen molar-refractivity contribution in [3.63, 3.8) is 0 Å². The number of piperidine rings is 1. The van der Waals surface area contributed by atoms with Crippen molar-refractivity contribution in [3.8, 4) is 0 Å². The molecular formula is C14H23N5O. The van der Waals surface area contributed by atoms with E-state index in [0.29, 0.717) is 11.6 Å². The summed E-state index contributed by atoms with van der Waals surface area (Å²) in [5, 5.41) is 12.1. The number of nitrogens with zero attached hydrogens (tertiary/aromatic N) is 4. The number of hydrogen-bond acceptors (Lipinski definition) is 5. The molecule has 110 valence electrons. The summed E-state index contributed by atoms with van der Waals surface area (Å²) < 4.78 is 0. The third kappa shape index (κ3) is 2.85. The highest BCUT2D eigenvalue weighted by Gasteiger charge is 2.25. The van der Waals surface area contributed by atoms with Gasteiger partial charge in [-0.3, -0.25) is 0 Å². The van der Waals surface area contributed by atoms with Crippen LogP contribution in [0.2, 0.25) is 0 Å². The molecule has 1 aromatic rings. The second kappa shape index (κ2) is 6.09. The SMILES string of the molecule is Cc1ccnc(N(C)C2CCCN(C)C2)c1/C(N)=N/O. The normalized spacial score (nSPS) is 20.9. The number of likely N-dealkylation sites (tertiary alicyclic amines) is 1. The van der Waals surface area contributed by atoms with E-state index >= 15 is 0 Å². The first-order chi connectivity index (χ1) is 9.54. The lowest BCUT2D eigenvalue weighted by Gasteiger charge is -2.37. The maximum absolute atomic E-state index is 8.98. The maximum atomic E-state index is 8.98. The molecule has 1 unspecified atom stereocenters. The van der Waals surface area contributed by atoms with Crippen molar-refractivity contribution in [1.82, 2.24) is 9.88 Å². The largest absolute Gasteiger partial charge is 0.409 e. The number of oxime groups is 1. The van der Waals surface area contributed by atoms with Crippen LogP contribution < -0.4 is 10.6 Å². The molecule has 0 amide bonds. The highest BCUT2D eigenvalue weighted by Crippen LogP contribution is 2.24. The molecule has 1 aromatic heterocycles. The molecule has 6 nitrogen and oxygen atoms in total. The molecule has 0 radical (unpaired) electrons. The standard InChI is InChI=1S/C14H23N5O/c1-10-6-7-16-14(12(10)13(15)17-20)19(3)11-5-4-8-18(2)9-11/h6-7,11,20H,4-5,8-9H2,1-3H3,(H2,15,17). The summed E-state index contributed by atoms with van der Waals surface area (Å²) in [6.45, 7) is 4.08. The molecule has 1 saturated heterocycles. The highest BCUT2D eigenvalue weighted by atomic mass is 16.4. The number of aryl methyl sites for hydroxylation is 1. The van der Waals surface area contributed by atoms with Crippen molar-refractivity contribution in [1.29, 1.82) is 0 Å². The average Bonchev–Trinajstić information content (AvgIpc) is 2.45. The minimum atomic E-state index is 0.113. The average molecular weight is 277 g/mol. The molecule has 1 atom stereocenters. The third-order valence-corrected chi connectivity index (χ3v) is 3.98. The Labute approximate surface area is 119 Å². The summed E-state index contributed by atoms with van der Waals surface area (Å²) in [6.07, 6.45) is 4.07. The smallest absolute Gasteiger partial charge is 0.174 e. The van der Waals surface area contributed by atoms with Gasteiger partial charge in [0.05, 0.1) is 5.56 Å². The van der Waals surface area contributed by atoms with Crippen LogP contribution in [-0.4, -0.2) is 54.2 Å². The number of amidine groups is 1. The fourth-order valence-corrected chi connectivity index (χ4v) is 2.81. The van der Waals surface area contributed by atoms with E-state index in [1.54, 1.807) is 6.20 Å². The van der Waals surface area contributed by atoms with Crippen molar-refractivity contribution < 1.29 is 5.21 Å². The summed E-state index contributed by atoms with van der Waals surface area (Å²) in [7, 11) is 4.16. The summed E-state index contributed by atoms with van der Waals surface area (Å²) in [5.41, 5.74) is 7.49. The van der Waals surface area contributed by atoms with Crippen LogP contribution in [0.3, 0.4) is 0 Å². The van der Waals surface area contributed by atoms with E-state index in [1.165, 1.54) is 6.42 Å². The molecule has 0 aromatic carbocycles. The van der Waals surface area contributed by atoms with Gasteiger partial charge in [0.15, 0.2) is 5.84 Å². The van der Waals surface area contributed by atoms with Gasteiger partial charge in [-0.05, 0) is 45.0 Å². The number of rotatable bonds is 3. The Morgan fingerprint density at radius 2 is 2.35 bits per heavy atom. The van der Waals surface area contributed by atoms with Gasteiger partial charge in [-0.25, -0.2) is 4.98 Å². The van der Waals surface area contributed by atoms with E-state index in [4.69, 9.17) is 10.9 Å². The predicted octanol–water partition coefficient (Wildman–Crippen LogP) is 1.01. The zero-order valence-electron chi connectivity index (χ0n) is 12.4. The van der Waals surface area contributed by atoms with Crippen LogP contribution in [0.1, 0.15) is 24.0 Å². The van der Waals surface area contributed by atoms with Gasteiger partial charge < -0.3 is 20.7 Å². The lowest BCUT2D eigenvalue weighted by atomic mass is 10.0. The molecule has 0 spiro atoms. The Morgan fingerprint density at radius 3 is 3.00 bits per heavy atom. The number of nitrogens with two attached hydrogens (primary N) is 1. The van der Waals surface area contributed by atoms with E-state index in [-0.39, 0.29) is 5.84 Å². The number of hydrogen-bond donors (Lipinski definition) is 2. The van der Waals surface area contributed by atoms with Gasteiger partial charge in [0.1, 0.15) is 5.82 Å². The molecule has 0 aliphatic carbocycles. The van der Waals surface area contributed by atoms with E-state index in [2.05, 4.69) is 27.0 Å². The van der Waals surface area contributed by atoms with Crippen molar-refractivity contribution in [3.05, 3.63) is 23.4 Å². The van der Waals surface area contributed by atoms with Gasteiger partial charge >= 0.3 is 0 Å². The molecule has 6 heteroatoms. The lowest BCUT2D eigenvalue weighted by Crippen LogP contribution is -2.46. The third-order valence-electron chi connectivity index (χ3n) is 3.98. The summed E-state index contributed by atoms with van der Waals surface area (Å²) in [6, 6.07) is 2.27. The summed E-state index contributed by atoms with van der Waals surface area (Å²) in [5.74, 6) is 0.891. The number of likely N-dealkylation sites (N-methyl/N-ethyl adjacent to an activating group) is 2. The zero-order chi connectivity index (χ0) is 14.7. The van der Waals surface area contributed by atoms with E-state index < -0.39 is 0 Å². The van der Waals surface area contributed by atoms with Crippen LogP contribution in [0.15, 0.2) is 17.4 Å². The first-order valence-electron chi connectivity index (χ1n) is 6.89. The second-order valence-corrected chi connectivity index (χ2v) is 5.48. The van der Waals surface area contributed by atoms with Crippen LogP contribution in [0.4, 0.5) is 5.82 Å². The van der Waals surface area contributed by atoms with Gasteiger partial charge in [0, 0.05) is 25.8 Å². The molecule has 0 bridgehead atoms. The minimum Gasteiger partial charge on any atom is -0.409 e. The minimum absolute atomic E-state index is 0.113. The van der Waals surface area contributed by atoms with E-state index in [0.717, 1.165) is 30.9 Å². The monoisotopic (exact) mass is 277 g/mol. The molecule has 3 N–H and O–H groups in total. The Hall–Kier alpha value is -1.82. The second-order valence-electron chi connectivity index (χ2n) is 5.48. The van der Waals surface area contributed by atoms with Crippen LogP contribution in [0, 0.1) is 6.92 Å². The Balaban J connectivity index is 2.34. The first kappa shape index (κ1) is 14.6. The summed E-state index contributed by atoms with van der Waals surface area (Å²) >= 11 is 0. The first-order valence-corrected chi connectivity index (χ1v) is 6.89.